The molecule has 0 aromatic rings. The molecule has 2 atom stereocenters. The first-order chi connectivity index (χ1) is 8.36. The van der Waals surface area contributed by atoms with E-state index >= 15 is 0 Å². The average Bonchev–Trinajstić information content (AvgIpc) is 2.33. The minimum atomic E-state index is 0.0115. The molecule has 108 valence electrons. The van der Waals surface area contributed by atoms with Crippen LogP contribution in [0, 0.1) is 0 Å². The summed E-state index contributed by atoms with van der Waals surface area (Å²) in [5.41, 5.74) is 0. The fourth-order valence-corrected chi connectivity index (χ4v) is 1.96. The van der Waals surface area contributed by atoms with Gasteiger partial charge in [-0.25, -0.2) is 0 Å². The fourth-order valence-electron chi connectivity index (χ4n) is 1.08. The van der Waals surface area contributed by atoms with Gasteiger partial charge in [-0.15, -0.1) is 0 Å². The van der Waals surface area contributed by atoms with Crippen molar-refractivity contribution in [2.45, 2.75) is 69.0 Å². The summed E-state index contributed by atoms with van der Waals surface area (Å²) in [5.74, 6) is 0.239. The Morgan fingerprint density at radius 3 is 1.61 bits per heavy atom. The molecule has 0 aromatic heterocycles. The van der Waals surface area contributed by atoms with Gasteiger partial charge in [0.15, 0.2) is 0 Å². The smallest absolute Gasteiger partial charge is 0.211 e. The van der Waals surface area contributed by atoms with Crippen LogP contribution >= 0.6 is 47.8 Å². The number of ketones is 1. The molecule has 0 saturated carbocycles. The zero-order valence-electron chi connectivity index (χ0n) is 11.3. The lowest BCUT2D eigenvalue weighted by Gasteiger charge is -2.01. The number of hydrogen-bond acceptors (Lipinski definition) is 2. The summed E-state index contributed by atoms with van der Waals surface area (Å²) >= 11 is 9.42. The van der Waals surface area contributed by atoms with Crippen molar-refractivity contribution in [2.24, 2.45) is 0 Å². The molecule has 0 amide bonds. The molecule has 0 bridgehead atoms. The standard InChI is InChI=1S/C7H13BrO.C6H10Br2O/c1-3-4-5-7(8)6(2)9;1-2-3-4-5(7)6(8)9/h7H,3-5H2,1-2H3;5H,2-4H2,1H3. The van der Waals surface area contributed by atoms with Crippen molar-refractivity contribution in [3.8, 4) is 0 Å². The van der Waals surface area contributed by atoms with E-state index in [1.165, 1.54) is 0 Å². The lowest BCUT2D eigenvalue weighted by atomic mass is 10.1. The Morgan fingerprint density at radius 1 is 0.944 bits per heavy atom. The summed E-state index contributed by atoms with van der Waals surface area (Å²) in [4.78, 5) is 21.2. The van der Waals surface area contributed by atoms with Crippen molar-refractivity contribution in [3.05, 3.63) is 0 Å². The second-order valence-electron chi connectivity index (χ2n) is 4.13. The van der Waals surface area contributed by atoms with Gasteiger partial charge in [0, 0.05) is 0 Å². The molecule has 0 spiro atoms. The minimum absolute atomic E-state index is 0.0115. The van der Waals surface area contributed by atoms with Crippen molar-refractivity contribution >= 4 is 58.3 Å². The van der Waals surface area contributed by atoms with Crippen LogP contribution in [-0.2, 0) is 9.59 Å². The molecule has 0 aliphatic rings. The molecular weight excluding hydrogens is 428 g/mol. The number of carbonyl (C=O) groups is 2. The highest BCUT2D eigenvalue weighted by Crippen LogP contribution is 2.13. The second-order valence-corrected chi connectivity index (χ2v) is 7.13. The number of hydrogen-bond donors (Lipinski definition) is 0. The van der Waals surface area contributed by atoms with E-state index in [0.29, 0.717) is 0 Å². The lowest BCUT2D eigenvalue weighted by Crippen LogP contribution is -2.08. The van der Waals surface area contributed by atoms with Crippen LogP contribution in [0.1, 0.15) is 59.3 Å². The Morgan fingerprint density at radius 2 is 1.33 bits per heavy atom. The average molecular weight is 451 g/mol. The van der Waals surface area contributed by atoms with Gasteiger partial charge in [0.1, 0.15) is 5.78 Å². The van der Waals surface area contributed by atoms with Crippen LogP contribution in [0.3, 0.4) is 0 Å². The SMILES string of the molecule is CCCCC(Br)C(=O)Br.CCCCC(Br)C(C)=O. The summed E-state index contributed by atoms with van der Waals surface area (Å²) < 4.78 is 0.0518. The third-order valence-electron chi connectivity index (χ3n) is 2.31. The van der Waals surface area contributed by atoms with Gasteiger partial charge in [-0.1, -0.05) is 71.4 Å². The predicted octanol–water partition coefficient (Wildman–Crippen LogP) is 5.39. The van der Waals surface area contributed by atoms with Crippen molar-refractivity contribution in [3.63, 3.8) is 0 Å². The van der Waals surface area contributed by atoms with Crippen molar-refractivity contribution in [1.82, 2.24) is 0 Å². The van der Waals surface area contributed by atoms with E-state index in [9.17, 15) is 9.59 Å². The Hall–Kier alpha value is 0.780. The molecule has 5 heteroatoms. The number of carbonyl (C=O) groups excluding carboxylic acids is 2. The first-order valence-corrected chi connectivity index (χ1v) is 8.97. The number of alkyl halides is 2. The van der Waals surface area contributed by atoms with Gasteiger partial charge < -0.3 is 0 Å². The van der Waals surface area contributed by atoms with Crippen LogP contribution in [0.25, 0.3) is 0 Å². The number of rotatable bonds is 8. The zero-order chi connectivity index (χ0) is 14.6. The molecule has 0 aliphatic heterocycles. The molecule has 0 aliphatic carbocycles. The van der Waals surface area contributed by atoms with Gasteiger partial charge in [-0.3, -0.25) is 9.59 Å². The molecule has 18 heavy (non-hydrogen) atoms. The Labute approximate surface area is 136 Å². The summed E-state index contributed by atoms with van der Waals surface area (Å²) in [7, 11) is 0. The van der Waals surface area contributed by atoms with Gasteiger partial charge in [-0.2, -0.15) is 0 Å². The molecule has 0 fully saturated rings. The van der Waals surface area contributed by atoms with Gasteiger partial charge >= 0.3 is 0 Å². The molecular formula is C13H23Br3O2. The third kappa shape index (κ3) is 14.8. The van der Waals surface area contributed by atoms with Crippen LogP contribution < -0.4 is 0 Å². The minimum Gasteiger partial charge on any atom is -0.299 e. The van der Waals surface area contributed by atoms with Crippen LogP contribution in [0.5, 0.6) is 0 Å². The van der Waals surface area contributed by atoms with E-state index < -0.39 is 0 Å². The summed E-state index contributed by atoms with van der Waals surface area (Å²) in [5, 5.41) is 0. The molecule has 0 rings (SSSR count). The summed E-state index contributed by atoms with van der Waals surface area (Å²) in [6, 6.07) is 0. The first kappa shape index (κ1) is 21.1. The zero-order valence-corrected chi connectivity index (χ0v) is 16.1. The number of unbranched alkanes of at least 4 members (excludes halogenated alkanes) is 2. The van der Waals surface area contributed by atoms with Crippen molar-refractivity contribution in [2.75, 3.05) is 0 Å². The highest BCUT2D eigenvalue weighted by molar-refractivity contribution is 9.20. The maximum absolute atomic E-state index is 10.6. The molecule has 0 heterocycles. The predicted molar refractivity (Wildman–Crippen MR) is 89.1 cm³/mol. The molecule has 0 radical (unpaired) electrons. The normalized spacial score (nSPS) is 13.2. The van der Waals surface area contributed by atoms with E-state index in [0.717, 1.165) is 38.5 Å². The lowest BCUT2D eigenvalue weighted by molar-refractivity contribution is -0.116. The Kier molecular flexibility index (Phi) is 16.6. The fraction of sp³-hybridized carbons (Fsp3) is 0.846. The van der Waals surface area contributed by atoms with Gasteiger partial charge in [0.25, 0.3) is 0 Å². The van der Waals surface area contributed by atoms with Crippen molar-refractivity contribution in [1.29, 1.82) is 0 Å². The maximum atomic E-state index is 10.6. The highest BCUT2D eigenvalue weighted by atomic mass is 79.9. The van der Waals surface area contributed by atoms with Crippen LogP contribution in [-0.4, -0.2) is 20.1 Å². The van der Waals surface area contributed by atoms with Gasteiger partial charge in [0.05, 0.1) is 9.65 Å². The first-order valence-electron chi connectivity index (χ1n) is 6.34. The topological polar surface area (TPSA) is 34.1 Å². The monoisotopic (exact) mass is 448 g/mol. The third-order valence-corrected chi connectivity index (χ3v) is 5.45. The maximum Gasteiger partial charge on any atom is 0.211 e. The van der Waals surface area contributed by atoms with Crippen LogP contribution in [0.15, 0.2) is 0 Å². The number of halogens is 3. The molecule has 2 unspecified atom stereocenters. The molecule has 0 N–H and O–H groups in total. The largest absolute Gasteiger partial charge is 0.299 e. The summed E-state index contributed by atoms with van der Waals surface area (Å²) in [6.07, 6.45) is 6.45. The van der Waals surface area contributed by atoms with Crippen LogP contribution in [0.4, 0.5) is 0 Å². The van der Waals surface area contributed by atoms with Crippen molar-refractivity contribution < 1.29 is 9.59 Å². The molecule has 0 saturated heterocycles. The quantitative estimate of drug-likeness (QED) is 0.367. The molecule has 0 aromatic carbocycles. The number of Topliss-reactive ketones (excluding diaryl/α,β-unsaturated/α-hetero) is 1. The van der Waals surface area contributed by atoms with E-state index in [2.05, 4.69) is 61.6 Å². The Bertz CT molecular complexity index is 208. The van der Waals surface area contributed by atoms with Gasteiger partial charge in [0.2, 0.25) is 4.69 Å². The second kappa shape index (κ2) is 14.2. The van der Waals surface area contributed by atoms with E-state index in [4.69, 9.17) is 0 Å². The summed E-state index contributed by atoms with van der Waals surface area (Å²) in [6.45, 7) is 5.85. The molecule has 2 nitrogen and oxygen atoms in total. The van der Waals surface area contributed by atoms with E-state index in [1.807, 2.05) is 0 Å². The van der Waals surface area contributed by atoms with E-state index in [-0.39, 0.29) is 20.1 Å². The van der Waals surface area contributed by atoms with Crippen LogP contribution in [0.2, 0.25) is 0 Å². The highest BCUT2D eigenvalue weighted by Gasteiger charge is 2.09. The van der Waals surface area contributed by atoms with Gasteiger partial charge in [-0.05, 0) is 35.7 Å². The van der Waals surface area contributed by atoms with E-state index in [1.54, 1.807) is 6.92 Å². The Balaban J connectivity index is 0.